The fourth-order valence-corrected chi connectivity index (χ4v) is 1.18. The monoisotopic (exact) mass is 185 g/mol. The van der Waals surface area contributed by atoms with Crippen LogP contribution in [0.25, 0.3) is 0 Å². The third kappa shape index (κ3) is 5.83. The molecule has 13 heavy (non-hydrogen) atoms. The van der Waals surface area contributed by atoms with E-state index < -0.39 is 0 Å². The van der Waals surface area contributed by atoms with Crippen LogP contribution in [0.3, 0.4) is 0 Å². The molecule has 0 rings (SSSR count). The summed E-state index contributed by atoms with van der Waals surface area (Å²) in [6, 6.07) is 0.343. The number of nitrogens with one attached hydrogen (secondary N) is 1. The number of methoxy groups -OCH3 is 1. The van der Waals surface area contributed by atoms with Gasteiger partial charge in [-0.2, -0.15) is 0 Å². The topological polar surface area (TPSA) is 21.3 Å². The van der Waals surface area contributed by atoms with Gasteiger partial charge in [0.1, 0.15) is 0 Å². The van der Waals surface area contributed by atoms with Gasteiger partial charge in [-0.25, -0.2) is 0 Å². The van der Waals surface area contributed by atoms with Crippen molar-refractivity contribution in [2.24, 2.45) is 0 Å². The van der Waals surface area contributed by atoms with E-state index in [4.69, 9.17) is 4.74 Å². The summed E-state index contributed by atoms with van der Waals surface area (Å²) in [4.78, 5) is 0. The lowest BCUT2D eigenvalue weighted by Gasteiger charge is -2.21. The second-order valence-electron chi connectivity index (χ2n) is 3.66. The number of rotatable bonds is 6. The third-order valence-corrected chi connectivity index (χ3v) is 2.02. The van der Waals surface area contributed by atoms with Crippen LogP contribution >= 0.6 is 0 Å². The van der Waals surface area contributed by atoms with E-state index in [1.54, 1.807) is 7.11 Å². The van der Waals surface area contributed by atoms with Gasteiger partial charge < -0.3 is 10.1 Å². The summed E-state index contributed by atoms with van der Waals surface area (Å²) < 4.78 is 5.30. The molecule has 2 atom stereocenters. The molecule has 1 N–H and O–H groups in total. The third-order valence-electron chi connectivity index (χ3n) is 2.02. The van der Waals surface area contributed by atoms with Crippen molar-refractivity contribution in [3.05, 3.63) is 11.6 Å². The van der Waals surface area contributed by atoms with E-state index in [1.165, 1.54) is 5.57 Å². The zero-order valence-corrected chi connectivity index (χ0v) is 9.55. The summed E-state index contributed by atoms with van der Waals surface area (Å²) in [6.45, 7) is 9.53. The Morgan fingerprint density at radius 2 is 2.08 bits per heavy atom. The van der Waals surface area contributed by atoms with Gasteiger partial charge in [0.05, 0.1) is 12.1 Å². The molecule has 0 aromatic rings. The number of hydrogen-bond donors (Lipinski definition) is 1. The summed E-state index contributed by atoms with van der Waals surface area (Å²) in [6.07, 6.45) is 3.62. The van der Waals surface area contributed by atoms with Crippen molar-refractivity contribution in [2.75, 3.05) is 13.7 Å². The van der Waals surface area contributed by atoms with Crippen molar-refractivity contribution in [1.82, 2.24) is 5.32 Å². The van der Waals surface area contributed by atoms with Crippen LogP contribution in [0.15, 0.2) is 11.6 Å². The smallest absolute Gasteiger partial charge is 0.0732 e. The molecule has 2 unspecified atom stereocenters. The fourth-order valence-electron chi connectivity index (χ4n) is 1.18. The van der Waals surface area contributed by atoms with Gasteiger partial charge in [0.2, 0.25) is 0 Å². The van der Waals surface area contributed by atoms with Gasteiger partial charge >= 0.3 is 0 Å². The number of ether oxygens (including phenoxy) is 1. The Kier molecular flexibility index (Phi) is 6.92. The minimum absolute atomic E-state index is 0.237. The van der Waals surface area contributed by atoms with E-state index in [9.17, 15) is 0 Å². The van der Waals surface area contributed by atoms with Crippen molar-refractivity contribution in [3.63, 3.8) is 0 Å². The van der Waals surface area contributed by atoms with Crippen molar-refractivity contribution in [1.29, 1.82) is 0 Å². The SMILES string of the molecule is CCCNC(C=C(C)C)C(C)OC. The lowest BCUT2D eigenvalue weighted by atomic mass is 10.1. The Labute approximate surface area is 82.4 Å². The van der Waals surface area contributed by atoms with E-state index in [1.807, 2.05) is 0 Å². The van der Waals surface area contributed by atoms with Gasteiger partial charge in [-0.3, -0.25) is 0 Å². The van der Waals surface area contributed by atoms with E-state index >= 15 is 0 Å². The normalized spacial score (nSPS) is 15.2. The summed E-state index contributed by atoms with van der Waals surface area (Å²) in [7, 11) is 1.75. The molecule has 0 aliphatic carbocycles. The van der Waals surface area contributed by atoms with E-state index in [2.05, 4.69) is 39.1 Å². The summed E-state index contributed by atoms with van der Waals surface area (Å²) in [5.41, 5.74) is 1.33. The molecule has 0 fully saturated rings. The lowest BCUT2D eigenvalue weighted by molar-refractivity contribution is 0.0969. The highest BCUT2D eigenvalue weighted by molar-refractivity contribution is 5.03. The lowest BCUT2D eigenvalue weighted by Crippen LogP contribution is -2.38. The molecule has 2 heteroatoms. The first-order chi connectivity index (χ1) is 6.11. The van der Waals surface area contributed by atoms with Gasteiger partial charge in [-0.1, -0.05) is 18.6 Å². The van der Waals surface area contributed by atoms with Crippen molar-refractivity contribution < 1.29 is 4.74 Å². The molecule has 78 valence electrons. The van der Waals surface area contributed by atoms with Crippen LogP contribution in [0.5, 0.6) is 0 Å². The van der Waals surface area contributed by atoms with Gasteiger partial charge in [-0.05, 0) is 33.7 Å². The molecule has 0 saturated carbocycles. The fraction of sp³-hybridized carbons (Fsp3) is 0.818. The molecular formula is C11H23NO. The second kappa shape index (κ2) is 7.10. The Morgan fingerprint density at radius 1 is 1.46 bits per heavy atom. The summed E-state index contributed by atoms with van der Waals surface area (Å²) in [5, 5.41) is 3.45. The minimum Gasteiger partial charge on any atom is -0.380 e. The standard InChI is InChI=1S/C11H23NO/c1-6-7-12-11(8-9(2)3)10(4)13-5/h8,10-12H,6-7H2,1-5H3. The van der Waals surface area contributed by atoms with Crippen LogP contribution in [0, 0.1) is 0 Å². The largest absolute Gasteiger partial charge is 0.380 e. The van der Waals surface area contributed by atoms with E-state index in [-0.39, 0.29) is 6.10 Å². The van der Waals surface area contributed by atoms with Crippen LogP contribution < -0.4 is 5.32 Å². The molecule has 0 radical (unpaired) electrons. The Bertz CT molecular complexity index is 150. The van der Waals surface area contributed by atoms with E-state index in [0.29, 0.717) is 6.04 Å². The van der Waals surface area contributed by atoms with E-state index in [0.717, 1.165) is 13.0 Å². The predicted molar refractivity (Wildman–Crippen MR) is 58.0 cm³/mol. The van der Waals surface area contributed by atoms with Gasteiger partial charge in [0, 0.05) is 7.11 Å². The average molecular weight is 185 g/mol. The molecular weight excluding hydrogens is 162 g/mol. The number of hydrogen-bond acceptors (Lipinski definition) is 2. The predicted octanol–water partition coefficient (Wildman–Crippen LogP) is 2.36. The molecule has 0 heterocycles. The van der Waals surface area contributed by atoms with Crippen LogP contribution in [0.2, 0.25) is 0 Å². The highest BCUT2D eigenvalue weighted by Gasteiger charge is 2.12. The molecule has 0 spiro atoms. The molecule has 0 saturated heterocycles. The molecule has 0 aliphatic heterocycles. The van der Waals surface area contributed by atoms with Crippen molar-refractivity contribution in [2.45, 2.75) is 46.3 Å². The first-order valence-corrected chi connectivity index (χ1v) is 5.03. The Balaban J connectivity index is 4.10. The molecule has 0 amide bonds. The van der Waals surface area contributed by atoms with Crippen LogP contribution in [0.4, 0.5) is 0 Å². The van der Waals surface area contributed by atoms with Gasteiger partial charge in [-0.15, -0.1) is 0 Å². The maximum atomic E-state index is 5.30. The zero-order valence-electron chi connectivity index (χ0n) is 9.55. The summed E-state index contributed by atoms with van der Waals surface area (Å²) in [5.74, 6) is 0. The van der Waals surface area contributed by atoms with Crippen LogP contribution in [-0.2, 0) is 4.74 Å². The summed E-state index contributed by atoms with van der Waals surface area (Å²) >= 11 is 0. The highest BCUT2D eigenvalue weighted by Crippen LogP contribution is 2.03. The Morgan fingerprint density at radius 3 is 2.46 bits per heavy atom. The van der Waals surface area contributed by atoms with Crippen LogP contribution in [-0.4, -0.2) is 25.8 Å². The first kappa shape index (κ1) is 12.7. The van der Waals surface area contributed by atoms with Crippen molar-refractivity contribution in [3.8, 4) is 0 Å². The molecule has 2 nitrogen and oxygen atoms in total. The molecule has 0 aromatic heterocycles. The van der Waals surface area contributed by atoms with Crippen LogP contribution in [0.1, 0.15) is 34.1 Å². The van der Waals surface area contributed by atoms with Gasteiger partial charge in [0.25, 0.3) is 0 Å². The van der Waals surface area contributed by atoms with Gasteiger partial charge in [0.15, 0.2) is 0 Å². The molecule has 0 bridgehead atoms. The molecule has 0 aliphatic rings. The molecule has 0 aromatic carbocycles. The van der Waals surface area contributed by atoms with Crippen molar-refractivity contribution >= 4 is 0 Å². The second-order valence-corrected chi connectivity index (χ2v) is 3.66. The average Bonchev–Trinajstić information content (AvgIpc) is 2.10. The zero-order chi connectivity index (χ0) is 10.3. The maximum absolute atomic E-state index is 5.30. The Hall–Kier alpha value is -0.340. The quantitative estimate of drug-likeness (QED) is 0.641. The maximum Gasteiger partial charge on any atom is 0.0732 e. The first-order valence-electron chi connectivity index (χ1n) is 5.03. The highest BCUT2D eigenvalue weighted by atomic mass is 16.5. The number of allylic oxidation sites excluding steroid dienone is 1. The minimum atomic E-state index is 0.237.